The molecule has 1 aromatic carbocycles. The van der Waals surface area contributed by atoms with Crippen molar-refractivity contribution in [3.05, 3.63) is 29.8 Å². The first-order valence-corrected chi connectivity index (χ1v) is 5.20. The van der Waals surface area contributed by atoms with Crippen molar-refractivity contribution in [2.45, 2.75) is 0 Å². The fraction of sp³-hybridized carbons (Fsp3) is 0.417. The van der Waals surface area contributed by atoms with Crippen LogP contribution >= 0.6 is 0 Å². The Kier molecular flexibility index (Phi) is 4.79. The molecule has 1 aromatic rings. The van der Waals surface area contributed by atoms with E-state index in [-0.39, 0.29) is 5.91 Å². The summed E-state index contributed by atoms with van der Waals surface area (Å²) < 4.78 is 5.06. The molecule has 4 nitrogen and oxygen atoms in total. The zero-order valence-corrected chi connectivity index (χ0v) is 9.99. The second-order valence-electron chi connectivity index (χ2n) is 3.79. The monoisotopic (exact) mass is 222 g/mol. The van der Waals surface area contributed by atoms with Crippen LogP contribution in [0.4, 0.5) is 0 Å². The lowest BCUT2D eigenvalue weighted by Crippen LogP contribution is -2.31. The highest BCUT2D eigenvalue weighted by molar-refractivity contribution is 5.94. The minimum atomic E-state index is -0.0687. The van der Waals surface area contributed by atoms with E-state index in [9.17, 15) is 4.79 Å². The van der Waals surface area contributed by atoms with Gasteiger partial charge in [-0.25, -0.2) is 0 Å². The Balaban J connectivity index is 2.52. The predicted octanol–water partition coefficient (Wildman–Crippen LogP) is 0.987. The number of rotatable bonds is 5. The Bertz CT molecular complexity index is 351. The summed E-state index contributed by atoms with van der Waals surface area (Å²) in [6.07, 6.45) is 0. The SMILES string of the molecule is COc1cccc(C(=O)NCCN(C)C)c1. The number of hydrogen-bond donors (Lipinski definition) is 1. The van der Waals surface area contributed by atoms with Crippen molar-refractivity contribution in [3.8, 4) is 5.75 Å². The van der Waals surface area contributed by atoms with Gasteiger partial charge in [-0.2, -0.15) is 0 Å². The van der Waals surface area contributed by atoms with E-state index >= 15 is 0 Å². The maximum atomic E-state index is 11.7. The number of amides is 1. The van der Waals surface area contributed by atoms with Crippen molar-refractivity contribution in [2.75, 3.05) is 34.3 Å². The molecule has 0 unspecified atom stereocenters. The summed E-state index contributed by atoms with van der Waals surface area (Å²) in [7, 11) is 5.53. The van der Waals surface area contributed by atoms with Crippen LogP contribution in [0.1, 0.15) is 10.4 Å². The number of benzene rings is 1. The van der Waals surface area contributed by atoms with E-state index in [2.05, 4.69) is 5.32 Å². The van der Waals surface area contributed by atoms with Crippen LogP contribution in [0.25, 0.3) is 0 Å². The van der Waals surface area contributed by atoms with Crippen molar-refractivity contribution in [2.24, 2.45) is 0 Å². The van der Waals surface area contributed by atoms with Gasteiger partial charge < -0.3 is 15.0 Å². The van der Waals surface area contributed by atoms with Crippen LogP contribution in [-0.2, 0) is 0 Å². The molecule has 0 bridgehead atoms. The Morgan fingerprint density at radius 2 is 2.19 bits per heavy atom. The molecule has 0 fully saturated rings. The van der Waals surface area contributed by atoms with Crippen molar-refractivity contribution < 1.29 is 9.53 Å². The topological polar surface area (TPSA) is 41.6 Å². The molecule has 1 N–H and O–H groups in total. The number of hydrogen-bond acceptors (Lipinski definition) is 3. The molecular weight excluding hydrogens is 204 g/mol. The van der Waals surface area contributed by atoms with Gasteiger partial charge in [0, 0.05) is 18.7 Å². The van der Waals surface area contributed by atoms with Gasteiger partial charge in [-0.05, 0) is 32.3 Å². The minimum absolute atomic E-state index is 0.0687. The van der Waals surface area contributed by atoms with E-state index in [1.807, 2.05) is 25.1 Å². The summed E-state index contributed by atoms with van der Waals surface area (Å²) >= 11 is 0. The second kappa shape index (κ2) is 6.12. The standard InChI is InChI=1S/C12H18N2O2/c1-14(2)8-7-13-12(15)10-5-4-6-11(9-10)16-3/h4-6,9H,7-8H2,1-3H3,(H,13,15). The van der Waals surface area contributed by atoms with Gasteiger partial charge in [0.25, 0.3) is 5.91 Å². The molecule has 0 atom stereocenters. The lowest BCUT2D eigenvalue weighted by molar-refractivity contribution is 0.0950. The molecule has 0 saturated carbocycles. The molecule has 0 heterocycles. The number of nitrogens with zero attached hydrogens (tertiary/aromatic N) is 1. The molecule has 0 aromatic heterocycles. The van der Waals surface area contributed by atoms with Crippen LogP contribution in [0.5, 0.6) is 5.75 Å². The quantitative estimate of drug-likeness (QED) is 0.807. The Morgan fingerprint density at radius 3 is 2.81 bits per heavy atom. The molecule has 16 heavy (non-hydrogen) atoms. The second-order valence-corrected chi connectivity index (χ2v) is 3.79. The molecule has 0 aliphatic carbocycles. The molecule has 0 aliphatic rings. The summed E-state index contributed by atoms with van der Waals surface area (Å²) in [6.45, 7) is 1.47. The third kappa shape index (κ3) is 3.90. The van der Waals surface area contributed by atoms with Crippen molar-refractivity contribution in [1.82, 2.24) is 10.2 Å². The van der Waals surface area contributed by atoms with E-state index < -0.39 is 0 Å². The Hall–Kier alpha value is -1.55. The van der Waals surface area contributed by atoms with Crippen LogP contribution in [0.3, 0.4) is 0 Å². The van der Waals surface area contributed by atoms with Gasteiger partial charge in [-0.1, -0.05) is 6.07 Å². The number of carbonyl (C=O) groups excluding carboxylic acids is 1. The third-order valence-electron chi connectivity index (χ3n) is 2.18. The average Bonchev–Trinajstić information content (AvgIpc) is 2.28. The maximum absolute atomic E-state index is 11.7. The zero-order valence-electron chi connectivity index (χ0n) is 9.99. The van der Waals surface area contributed by atoms with E-state index in [1.54, 1.807) is 25.3 Å². The van der Waals surface area contributed by atoms with Crippen LogP contribution < -0.4 is 10.1 Å². The van der Waals surface area contributed by atoms with Gasteiger partial charge in [-0.15, -0.1) is 0 Å². The van der Waals surface area contributed by atoms with Crippen LogP contribution in [0.2, 0.25) is 0 Å². The summed E-state index contributed by atoms with van der Waals surface area (Å²) in [5.74, 6) is 0.626. The molecule has 0 saturated heterocycles. The minimum Gasteiger partial charge on any atom is -0.497 e. The van der Waals surface area contributed by atoms with Crippen LogP contribution in [0, 0.1) is 0 Å². The fourth-order valence-electron chi connectivity index (χ4n) is 1.26. The van der Waals surface area contributed by atoms with Crippen molar-refractivity contribution in [1.29, 1.82) is 0 Å². The average molecular weight is 222 g/mol. The summed E-state index contributed by atoms with van der Waals surface area (Å²) in [4.78, 5) is 13.7. The molecule has 0 radical (unpaired) electrons. The van der Waals surface area contributed by atoms with E-state index in [1.165, 1.54) is 0 Å². The molecule has 0 spiro atoms. The smallest absolute Gasteiger partial charge is 0.251 e. The van der Waals surface area contributed by atoms with Gasteiger partial charge in [0.15, 0.2) is 0 Å². The maximum Gasteiger partial charge on any atom is 0.251 e. The first-order valence-electron chi connectivity index (χ1n) is 5.20. The molecule has 1 amide bonds. The van der Waals surface area contributed by atoms with Gasteiger partial charge in [0.05, 0.1) is 7.11 Å². The van der Waals surface area contributed by atoms with Crippen LogP contribution in [0.15, 0.2) is 24.3 Å². The summed E-state index contributed by atoms with van der Waals surface area (Å²) in [5, 5.41) is 2.85. The van der Waals surface area contributed by atoms with E-state index in [0.29, 0.717) is 17.9 Å². The van der Waals surface area contributed by atoms with E-state index in [4.69, 9.17) is 4.74 Å². The van der Waals surface area contributed by atoms with Gasteiger partial charge >= 0.3 is 0 Å². The number of methoxy groups -OCH3 is 1. The molecular formula is C12H18N2O2. The number of ether oxygens (including phenoxy) is 1. The number of carbonyl (C=O) groups is 1. The lowest BCUT2D eigenvalue weighted by Gasteiger charge is -2.10. The first-order chi connectivity index (χ1) is 7.63. The largest absolute Gasteiger partial charge is 0.497 e. The molecule has 88 valence electrons. The zero-order chi connectivity index (χ0) is 12.0. The fourth-order valence-corrected chi connectivity index (χ4v) is 1.26. The summed E-state index contributed by atoms with van der Waals surface area (Å²) in [5.41, 5.74) is 0.623. The van der Waals surface area contributed by atoms with Crippen molar-refractivity contribution >= 4 is 5.91 Å². The molecule has 1 rings (SSSR count). The van der Waals surface area contributed by atoms with Gasteiger partial charge in [0.1, 0.15) is 5.75 Å². The van der Waals surface area contributed by atoms with Crippen LogP contribution in [-0.4, -0.2) is 45.1 Å². The molecule has 4 heteroatoms. The highest BCUT2D eigenvalue weighted by Gasteiger charge is 2.05. The summed E-state index contributed by atoms with van der Waals surface area (Å²) in [6, 6.07) is 7.12. The third-order valence-corrected chi connectivity index (χ3v) is 2.18. The Labute approximate surface area is 96.2 Å². The van der Waals surface area contributed by atoms with E-state index in [0.717, 1.165) is 6.54 Å². The van der Waals surface area contributed by atoms with Gasteiger partial charge in [0.2, 0.25) is 0 Å². The van der Waals surface area contributed by atoms with Crippen molar-refractivity contribution in [3.63, 3.8) is 0 Å². The Morgan fingerprint density at radius 1 is 1.44 bits per heavy atom. The normalized spacial score (nSPS) is 10.2. The predicted molar refractivity (Wildman–Crippen MR) is 63.9 cm³/mol. The first kappa shape index (κ1) is 12.5. The number of likely N-dealkylation sites (N-methyl/N-ethyl adjacent to an activating group) is 1. The molecule has 0 aliphatic heterocycles. The number of nitrogens with one attached hydrogen (secondary N) is 1. The van der Waals surface area contributed by atoms with Gasteiger partial charge in [-0.3, -0.25) is 4.79 Å². The lowest BCUT2D eigenvalue weighted by atomic mass is 10.2. The highest BCUT2D eigenvalue weighted by atomic mass is 16.5. The highest BCUT2D eigenvalue weighted by Crippen LogP contribution is 2.11.